The van der Waals surface area contributed by atoms with Gasteiger partial charge in [-0.3, -0.25) is 9.69 Å². The molecule has 3 heterocycles. The van der Waals surface area contributed by atoms with Gasteiger partial charge < -0.3 is 9.47 Å². The van der Waals surface area contributed by atoms with Gasteiger partial charge >= 0.3 is 0 Å². The summed E-state index contributed by atoms with van der Waals surface area (Å²) in [4.78, 5) is 21.9. The Morgan fingerprint density at radius 2 is 2.00 bits per heavy atom. The number of piperidine rings is 1. The minimum Gasteiger partial charge on any atom is -0.338 e. The molecule has 0 saturated carbocycles. The van der Waals surface area contributed by atoms with E-state index in [1.54, 1.807) is 6.07 Å². The largest absolute Gasteiger partial charge is 0.338 e. The van der Waals surface area contributed by atoms with E-state index in [0.717, 1.165) is 57.3 Å². The molecule has 1 atom stereocenters. The molecule has 2 aliphatic rings. The lowest BCUT2D eigenvalue weighted by Gasteiger charge is -2.39. The first-order valence-corrected chi connectivity index (χ1v) is 9.96. The van der Waals surface area contributed by atoms with Crippen LogP contribution in [-0.2, 0) is 24.4 Å². The first-order valence-electron chi connectivity index (χ1n) is 9.96. The molecule has 2 fully saturated rings. The van der Waals surface area contributed by atoms with Gasteiger partial charge in [-0.1, -0.05) is 6.07 Å². The zero-order chi connectivity index (χ0) is 19.7. The molecule has 0 N–H and O–H groups in total. The van der Waals surface area contributed by atoms with Gasteiger partial charge in [-0.25, -0.2) is 13.8 Å². The first kappa shape index (κ1) is 19.1. The van der Waals surface area contributed by atoms with Crippen molar-refractivity contribution >= 4 is 5.91 Å². The lowest BCUT2D eigenvalue weighted by atomic mass is 9.78. The number of imidazole rings is 1. The lowest BCUT2D eigenvalue weighted by Crippen LogP contribution is -2.49. The minimum atomic E-state index is -0.866. The van der Waals surface area contributed by atoms with Crippen LogP contribution in [0.5, 0.6) is 0 Å². The molecular formula is C21H26F2N4O. The molecule has 0 radical (unpaired) electrons. The Labute approximate surface area is 164 Å². The van der Waals surface area contributed by atoms with E-state index in [1.165, 1.54) is 6.07 Å². The van der Waals surface area contributed by atoms with Crippen molar-refractivity contribution in [3.63, 3.8) is 0 Å². The molecular weight excluding hydrogens is 362 g/mol. The van der Waals surface area contributed by atoms with Crippen LogP contribution in [0.4, 0.5) is 8.78 Å². The first-order chi connectivity index (χ1) is 13.5. The van der Waals surface area contributed by atoms with Gasteiger partial charge in [0.15, 0.2) is 11.6 Å². The second-order valence-corrected chi connectivity index (χ2v) is 7.95. The topological polar surface area (TPSA) is 41.4 Å². The third kappa shape index (κ3) is 3.55. The highest BCUT2D eigenvalue weighted by Gasteiger charge is 2.48. The van der Waals surface area contributed by atoms with Crippen LogP contribution >= 0.6 is 0 Å². The fourth-order valence-electron chi connectivity index (χ4n) is 4.61. The van der Waals surface area contributed by atoms with E-state index in [4.69, 9.17) is 0 Å². The summed E-state index contributed by atoms with van der Waals surface area (Å²) in [7, 11) is 0. The number of likely N-dealkylation sites (tertiary alicyclic amines) is 2. The minimum absolute atomic E-state index is 0.143. The normalized spacial score (nSPS) is 23.1. The SMILES string of the molecule is CCn1ccnc1CN1CCC2(CCCN(Cc3ccc(F)c(F)c3)C2=O)C1. The van der Waals surface area contributed by atoms with E-state index in [1.807, 2.05) is 17.3 Å². The van der Waals surface area contributed by atoms with E-state index in [-0.39, 0.29) is 11.3 Å². The Morgan fingerprint density at radius 1 is 1.14 bits per heavy atom. The van der Waals surface area contributed by atoms with Crippen molar-refractivity contribution in [1.29, 1.82) is 0 Å². The Morgan fingerprint density at radius 3 is 2.79 bits per heavy atom. The average molecular weight is 388 g/mol. The quantitative estimate of drug-likeness (QED) is 0.790. The van der Waals surface area contributed by atoms with Crippen molar-refractivity contribution in [2.45, 2.75) is 45.8 Å². The summed E-state index contributed by atoms with van der Waals surface area (Å²) < 4.78 is 28.8. The van der Waals surface area contributed by atoms with E-state index in [2.05, 4.69) is 21.4 Å². The summed E-state index contributed by atoms with van der Waals surface area (Å²) in [5, 5.41) is 0. The molecule has 5 nitrogen and oxygen atoms in total. The molecule has 28 heavy (non-hydrogen) atoms. The fourth-order valence-corrected chi connectivity index (χ4v) is 4.61. The van der Waals surface area contributed by atoms with Crippen LogP contribution in [0.3, 0.4) is 0 Å². The summed E-state index contributed by atoms with van der Waals surface area (Å²) in [5.74, 6) is -0.552. The van der Waals surface area contributed by atoms with Crippen molar-refractivity contribution in [2.24, 2.45) is 5.41 Å². The highest BCUT2D eigenvalue weighted by molar-refractivity contribution is 5.84. The number of amides is 1. The molecule has 0 bridgehead atoms. The number of benzene rings is 1. The van der Waals surface area contributed by atoms with Crippen LogP contribution in [0.1, 0.15) is 37.6 Å². The summed E-state index contributed by atoms with van der Waals surface area (Å²) in [6.45, 7) is 6.33. The third-order valence-corrected chi connectivity index (χ3v) is 6.12. The molecule has 1 unspecified atom stereocenters. The van der Waals surface area contributed by atoms with E-state index in [0.29, 0.717) is 18.7 Å². The Kier molecular flexibility index (Phi) is 5.19. The second kappa shape index (κ2) is 7.62. The van der Waals surface area contributed by atoms with Gasteiger partial charge in [0.2, 0.25) is 5.91 Å². The van der Waals surface area contributed by atoms with Crippen LogP contribution in [0, 0.1) is 17.0 Å². The van der Waals surface area contributed by atoms with Gasteiger partial charge in [-0.05, 0) is 50.4 Å². The molecule has 2 aromatic rings. The van der Waals surface area contributed by atoms with Crippen molar-refractivity contribution < 1.29 is 13.6 Å². The van der Waals surface area contributed by atoms with Gasteiger partial charge in [0.1, 0.15) is 5.82 Å². The molecule has 1 aromatic heterocycles. The molecule has 2 aliphatic heterocycles. The molecule has 1 amide bonds. The number of carbonyl (C=O) groups excluding carboxylic acids is 1. The predicted molar refractivity (Wildman–Crippen MR) is 101 cm³/mol. The molecule has 4 rings (SSSR count). The zero-order valence-electron chi connectivity index (χ0n) is 16.2. The standard InChI is InChI=1S/C21H26F2N4O/c1-2-26-11-8-24-19(26)14-25-10-7-21(15-25)6-3-9-27(20(21)28)13-16-4-5-17(22)18(23)12-16/h4-5,8,11-12H,2-3,6-7,9-10,13-15H2,1H3. The number of nitrogens with zero attached hydrogens (tertiary/aromatic N) is 4. The van der Waals surface area contributed by atoms with E-state index in [9.17, 15) is 13.6 Å². The number of halogens is 2. The van der Waals surface area contributed by atoms with Gasteiger partial charge in [-0.2, -0.15) is 0 Å². The molecule has 1 spiro atoms. The summed E-state index contributed by atoms with van der Waals surface area (Å²) in [6, 6.07) is 3.87. The highest BCUT2D eigenvalue weighted by Crippen LogP contribution is 2.40. The van der Waals surface area contributed by atoms with Gasteiger partial charge in [0.25, 0.3) is 0 Å². The Bertz CT molecular complexity index is 868. The fraction of sp³-hybridized carbons (Fsp3) is 0.524. The number of carbonyl (C=O) groups is 1. The van der Waals surface area contributed by atoms with Gasteiger partial charge in [-0.15, -0.1) is 0 Å². The zero-order valence-corrected chi connectivity index (χ0v) is 16.2. The van der Waals surface area contributed by atoms with Crippen molar-refractivity contribution in [3.05, 3.63) is 53.6 Å². The van der Waals surface area contributed by atoms with E-state index >= 15 is 0 Å². The molecule has 0 aliphatic carbocycles. The molecule has 1 aromatic carbocycles. The molecule has 150 valence electrons. The Hall–Kier alpha value is -2.28. The monoisotopic (exact) mass is 388 g/mol. The van der Waals surface area contributed by atoms with E-state index < -0.39 is 11.6 Å². The smallest absolute Gasteiger partial charge is 0.230 e. The van der Waals surface area contributed by atoms with Crippen LogP contribution in [0.2, 0.25) is 0 Å². The number of hydrogen-bond acceptors (Lipinski definition) is 3. The van der Waals surface area contributed by atoms with Crippen LogP contribution in [0.25, 0.3) is 0 Å². The maximum Gasteiger partial charge on any atom is 0.230 e. The van der Waals surface area contributed by atoms with Crippen LogP contribution in [0.15, 0.2) is 30.6 Å². The van der Waals surface area contributed by atoms with Gasteiger partial charge in [0.05, 0.1) is 12.0 Å². The number of rotatable bonds is 5. The summed E-state index contributed by atoms with van der Waals surface area (Å²) in [6.07, 6.45) is 6.47. The van der Waals surface area contributed by atoms with Crippen molar-refractivity contribution in [1.82, 2.24) is 19.4 Å². The maximum atomic E-state index is 13.5. The summed E-state index contributed by atoms with van der Waals surface area (Å²) in [5.41, 5.74) is 0.268. The highest BCUT2D eigenvalue weighted by atomic mass is 19.2. The summed E-state index contributed by atoms with van der Waals surface area (Å²) >= 11 is 0. The number of aryl methyl sites for hydroxylation is 1. The Balaban J connectivity index is 1.44. The van der Waals surface area contributed by atoms with Crippen molar-refractivity contribution in [3.8, 4) is 0 Å². The molecule has 2 saturated heterocycles. The second-order valence-electron chi connectivity index (χ2n) is 7.95. The van der Waals surface area contributed by atoms with Gasteiger partial charge in [0, 0.05) is 38.6 Å². The number of hydrogen-bond donors (Lipinski definition) is 0. The van der Waals surface area contributed by atoms with Crippen LogP contribution < -0.4 is 0 Å². The number of aromatic nitrogens is 2. The average Bonchev–Trinajstić information content (AvgIpc) is 3.30. The van der Waals surface area contributed by atoms with Crippen LogP contribution in [-0.4, -0.2) is 44.9 Å². The lowest BCUT2D eigenvalue weighted by molar-refractivity contribution is -0.146. The molecule has 7 heteroatoms. The van der Waals surface area contributed by atoms with Crippen molar-refractivity contribution in [2.75, 3.05) is 19.6 Å². The third-order valence-electron chi connectivity index (χ3n) is 6.12. The maximum absolute atomic E-state index is 13.5. The predicted octanol–water partition coefficient (Wildman–Crippen LogP) is 3.20.